The minimum Gasteiger partial charge on any atom is -0.481 e. The van der Waals surface area contributed by atoms with Gasteiger partial charge in [-0.3, -0.25) is 14.7 Å². The normalized spacial score (nSPS) is 21.8. The van der Waals surface area contributed by atoms with Crippen LogP contribution in [0.1, 0.15) is 73.2 Å². The predicted octanol–water partition coefficient (Wildman–Crippen LogP) is 7.48. The Morgan fingerprint density at radius 3 is 2.88 bits per heavy atom. The third-order valence-corrected chi connectivity index (χ3v) is 10.5. The number of aliphatic carboxylic acids is 1. The van der Waals surface area contributed by atoms with Gasteiger partial charge in [-0.15, -0.1) is 0 Å². The van der Waals surface area contributed by atoms with Crippen molar-refractivity contribution < 1.29 is 14.3 Å². The molecule has 3 aromatic heterocycles. The molecule has 8 rings (SSSR count). The van der Waals surface area contributed by atoms with E-state index in [1.807, 2.05) is 42.7 Å². The number of allylic oxidation sites excluding steroid dienone is 4. The van der Waals surface area contributed by atoms with Crippen molar-refractivity contribution in [2.45, 2.75) is 51.6 Å². The van der Waals surface area contributed by atoms with Crippen molar-refractivity contribution in [3.8, 4) is 6.07 Å². The second kappa shape index (κ2) is 12.8. The van der Waals surface area contributed by atoms with Gasteiger partial charge in [0.1, 0.15) is 17.1 Å². The number of nitriles is 1. The van der Waals surface area contributed by atoms with Gasteiger partial charge in [-0.1, -0.05) is 44.2 Å². The Bertz CT molecular complexity index is 2220. The van der Waals surface area contributed by atoms with Crippen LogP contribution < -0.4 is 10.6 Å². The van der Waals surface area contributed by atoms with Crippen molar-refractivity contribution in [3.05, 3.63) is 107 Å². The highest BCUT2D eigenvalue weighted by Gasteiger charge is 2.38. The molecule has 0 radical (unpaired) electrons. The van der Waals surface area contributed by atoms with Crippen LogP contribution in [0.2, 0.25) is 0 Å². The fraction of sp³-hybridized carbons (Fsp3) is 0.325. The summed E-state index contributed by atoms with van der Waals surface area (Å²) in [6.07, 6.45) is 13.0. The molecule has 2 fully saturated rings. The van der Waals surface area contributed by atoms with Crippen LogP contribution in [0.3, 0.4) is 0 Å². The Balaban J connectivity index is 1.04. The van der Waals surface area contributed by atoms with Crippen LogP contribution in [0.4, 0.5) is 11.5 Å². The van der Waals surface area contributed by atoms with E-state index in [2.05, 4.69) is 76.9 Å². The first-order chi connectivity index (χ1) is 24.3. The van der Waals surface area contributed by atoms with E-state index in [9.17, 15) is 15.2 Å². The van der Waals surface area contributed by atoms with E-state index in [-0.39, 0.29) is 11.8 Å². The molecule has 2 aliphatic heterocycles. The highest BCUT2D eigenvalue weighted by molar-refractivity contribution is 5.90. The standard InChI is InChI=1S/C40H39N7O3/c1-40(2)31(25-6-3-7-30(19-25)45-37-35-26(11-14-43-37)18-29(21-44-35)33-10-5-13-42-33)8-4-9-32(40)38-46-34-17-24(16-28(20-41)36(34)50-38)22-47-15-12-27(23-47)39(48)49/h3-4,6-9,11,14,16-19,21,27,32-33,42H,5,10,12-13,15,22-23H2,1-2H3,(H,43,45)(H,48,49)/t27-,32?,33?/m1/s1. The second-order valence-corrected chi connectivity index (χ2v) is 14.2. The van der Waals surface area contributed by atoms with Crippen LogP contribution in [-0.2, 0) is 11.3 Å². The monoisotopic (exact) mass is 665 g/mol. The van der Waals surface area contributed by atoms with Gasteiger partial charge in [-0.25, -0.2) is 9.97 Å². The number of aromatic nitrogens is 3. The molecule has 252 valence electrons. The zero-order chi connectivity index (χ0) is 34.4. The van der Waals surface area contributed by atoms with Gasteiger partial charge in [0.25, 0.3) is 0 Å². The number of oxazole rings is 1. The maximum absolute atomic E-state index is 11.5. The molecule has 2 saturated heterocycles. The summed E-state index contributed by atoms with van der Waals surface area (Å²) in [5.41, 5.74) is 7.23. The summed E-state index contributed by atoms with van der Waals surface area (Å²) in [5.74, 6) is -0.0210. The highest BCUT2D eigenvalue weighted by atomic mass is 16.4. The first kappa shape index (κ1) is 31.9. The number of benzene rings is 2. The number of rotatable bonds is 8. The molecule has 2 aromatic carbocycles. The van der Waals surface area contributed by atoms with E-state index in [1.165, 1.54) is 12.0 Å². The van der Waals surface area contributed by atoms with Crippen LogP contribution in [0, 0.1) is 22.7 Å². The van der Waals surface area contributed by atoms with Gasteiger partial charge in [-0.05, 0) is 91.0 Å². The number of pyridine rings is 2. The third-order valence-electron chi connectivity index (χ3n) is 10.5. The molecular weight excluding hydrogens is 626 g/mol. The molecule has 0 amide bonds. The number of fused-ring (bicyclic) bond motifs is 2. The van der Waals surface area contributed by atoms with Gasteiger partial charge in [0.05, 0.1) is 17.4 Å². The van der Waals surface area contributed by atoms with E-state index in [4.69, 9.17) is 14.4 Å². The van der Waals surface area contributed by atoms with Gasteiger partial charge >= 0.3 is 5.97 Å². The average Bonchev–Trinajstić information content (AvgIpc) is 3.90. The lowest BCUT2D eigenvalue weighted by molar-refractivity contribution is -0.141. The van der Waals surface area contributed by atoms with Gasteiger partial charge in [-0.2, -0.15) is 5.26 Å². The number of nitrogens with zero attached hydrogens (tertiary/aromatic N) is 5. The van der Waals surface area contributed by atoms with Crippen LogP contribution in [0.15, 0.2) is 83.6 Å². The summed E-state index contributed by atoms with van der Waals surface area (Å²) in [7, 11) is 0. The van der Waals surface area contributed by atoms with Crippen LogP contribution >= 0.6 is 0 Å². The summed E-state index contributed by atoms with van der Waals surface area (Å²) in [4.78, 5) is 28.0. The molecule has 2 unspecified atom stereocenters. The molecule has 0 bridgehead atoms. The number of anilines is 2. The predicted molar refractivity (Wildman–Crippen MR) is 193 cm³/mol. The number of likely N-dealkylation sites (tertiary alicyclic amines) is 1. The molecule has 10 heteroatoms. The first-order valence-electron chi connectivity index (χ1n) is 17.3. The molecule has 3 aliphatic rings. The lowest BCUT2D eigenvalue weighted by atomic mass is 9.68. The van der Waals surface area contributed by atoms with E-state index in [0.717, 1.165) is 46.3 Å². The Morgan fingerprint density at radius 2 is 2.08 bits per heavy atom. The lowest BCUT2D eigenvalue weighted by Gasteiger charge is -2.35. The molecule has 3 atom stereocenters. The molecule has 1 aliphatic carbocycles. The molecule has 0 spiro atoms. The summed E-state index contributed by atoms with van der Waals surface area (Å²) in [5, 5.41) is 27.6. The van der Waals surface area contributed by atoms with Gasteiger partial charge in [0.2, 0.25) is 5.89 Å². The van der Waals surface area contributed by atoms with E-state index < -0.39 is 11.4 Å². The largest absolute Gasteiger partial charge is 0.481 e. The Labute approximate surface area is 290 Å². The molecule has 50 heavy (non-hydrogen) atoms. The van der Waals surface area contributed by atoms with E-state index >= 15 is 0 Å². The van der Waals surface area contributed by atoms with Crippen LogP contribution in [0.5, 0.6) is 0 Å². The second-order valence-electron chi connectivity index (χ2n) is 14.2. The van der Waals surface area contributed by atoms with E-state index in [0.29, 0.717) is 60.5 Å². The fourth-order valence-electron chi connectivity index (χ4n) is 7.83. The summed E-state index contributed by atoms with van der Waals surface area (Å²) >= 11 is 0. The lowest BCUT2D eigenvalue weighted by Crippen LogP contribution is -2.25. The van der Waals surface area contributed by atoms with Crippen molar-refractivity contribution in [3.63, 3.8) is 0 Å². The van der Waals surface area contributed by atoms with Crippen molar-refractivity contribution >= 4 is 45.1 Å². The minimum absolute atomic E-state index is 0.177. The zero-order valence-electron chi connectivity index (χ0n) is 28.2. The molecule has 0 saturated carbocycles. The molecule has 5 heterocycles. The number of hydrogen-bond acceptors (Lipinski definition) is 9. The number of nitrogens with one attached hydrogen (secondary N) is 2. The topological polar surface area (TPSA) is 140 Å². The Hall–Kier alpha value is -5.37. The van der Waals surface area contributed by atoms with Crippen molar-refractivity contribution in [2.75, 3.05) is 25.0 Å². The minimum atomic E-state index is -0.758. The van der Waals surface area contributed by atoms with Gasteiger partial charge in [0.15, 0.2) is 11.4 Å². The Morgan fingerprint density at radius 1 is 1.18 bits per heavy atom. The maximum atomic E-state index is 11.5. The average molecular weight is 666 g/mol. The number of hydrogen-bond donors (Lipinski definition) is 3. The maximum Gasteiger partial charge on any atom is 0.307 e. The van der Waals surface area contributed by atoms with Crippen LogP contribution in [-0.4, -0.2) is 50.6 Å². The SMILES string of the molecule is CC1(C)C(c2cccc(Nc3nccc4cc(C5CCCN5)cnc34)c2)=CC=CC1c1nc2cc(CN3CC[C@@H](C(=O)O)C3)cc(C#N)c2o1. The highest BCUT2D eigenvalue weighted by Crippen LogP contribution is 2.49. The van der Waals surface area contributed by atoms with Crippen LogP contribution in [0.25, 0.3) is 27.6 Å². The Kier molecular flexibility index (Phi) is 8.17. The number of carboxylic acids is 1. The van der Waals surface area contributed by atoms with Gasteiger partial charge < -0.3 is 20.2 Å². The molecule has 10 nitrogen and oxygen atoms in total. The van der Waals surface area contributed by atoms with Crippen molar-refractivity contribution in [1.82, 2.24) is 25.2 Å². The number of carboxylic acid groups (broad SMARTS) is 1. The summed E-state index contributed by atoms with van der Waals surface area (Å²) in [6.45, 7) is 7.20. The fourth-order valence-corrected chi connectivity index (χ4v) is 7.83. The molecular formula is C40H39N7O3. The quantitative estimate of drug-likeness (QED) is 0.153. The smallest absolute Gasteiger partial charge is 0.307 e. The molecule has 5 aromatic rings. The molecule has 3 N–H and O–H groups in total. The first-order valence-corrected chi connectivity index (χ1v) is 17.3. The van der Waals surface area contributed by atoms with Crippen molar-refractivity contribution in [1.29, 1.82) is 5.26 Å². The van der Waals surface area contributed by atoms with Crippen molar-refractivity contribution in [2.24, 2.45) is 11.3 Å². The summed E-state index contributed by atoms with van der Waals surface area (Å²) in [6, 6.07) is 19.0. The van der Waals surface area contributed by atoms with Gasteiger partial charge in [0, 0.05) is 48.0 Å². The number of carbonyl (C=O) groups is 1. The summed E-state index contributed by atoms with van der Waals surface area (Å²) < 4.78 is 6.37. The van der Waals surface area contributed by atoms with E-state index in [1.54, 1.807) is 0 Å². The third kappa shape index (κ3) is 5.93. The zero-order valence-corrected chi connectivity index (χ0v) is 28.2.